The number of nitrogens with one attached hydrogen (secondary N) is 2. The Kier molecular flexibility index (Phi) is 4.38. The van der Waals surface area contributed by atoms with Crippen molar-refractivity contribution in [2.24, 2.45) is 0 Å². The molecule has 3 aromatic heterocycles. The number of amides is 1. The van der Waals surface area contributed by atoms with E-state index in [2.05, 4.69) is 25.3 Å². The molecule has 128 valence electrons. The Morgan fingerprint density at radius 2 is 2.04 bits per heavy atom. The summed E-state index contributed by atoms with van der Waals surface area (Å²) in [6.07, 6.45) is 7.60. The summed E-state index contributed by atoms with van der Waals surface area (Å²) in [5.41, 5.74) is 4.20. The van der Waals surface area contributed by atoms with Gasteiger partial charge in [0.1, 0.15) is 0 Å². The zero-order valence-electron chi connectivity index (χ0n) is 14.0. The van der Waals surface area contributed by atoms with Crippen LogP contribution < -0.4 is 5.32 Å². The number of H-pyrrole nitrogens is 1. The van der Waals surface area contributed by atoms with Crippen LogP contribution >= 0.6 is 0 Å². The minimum atomic E-state index is -0.107. The van der Waals surface area contributed by atoms with Crippen LogP contribution in [-0.2, 0) is 6.42 Å². The van der Waals surface area contributed by atoms with Crippen LogP contribution in [0.15, 0.2) is 67.4 Å². The van der Waals surface area contributed by atoms with E-state index in [9.17, 15) is 4.79 Å². The van der Waals surface area contributed by atoms with Gasteiger partial charge in [-0.3, -0.25) is 14.8 Å². The molecule has 6 nitrogen and oxygen atoms in total. The number of carbonyl (C=O) groups is 1. The van der Waals surface area contributed by atoms with Gasteiger partial charge in [-0.05, 0) is 30.3 Å². The lowest BCUT2D eigenvalue weighted by atomic mass is 10.0. The number of hydrogen-bond acceptors (Lipinski definition) is 4. The van der Waals surface area contributed by atoms with E-state index in [4.69, 9.17) is 0 Å². The van der Waals surface area contributed by atoms with Crippen LogP contribution in [0.3, 0.4) is 0 Å². The highest BCUT2D eigenvalue weighted by atomic mass is 16.1. The third-order valence-corrected chi connectivity index (χ3v) is 4.16. The summed E-state index contributed by atoms with van der Waals surface area (Å²) in [5, 5.41) is 3.90. The molecule has 3 heterocycles. The molecular weight excluding hydrogens is 326 g/mol. The molecule has 0 saturated heterocycles. The van der Waals surface area contributed by atoms with Crippen LogP contribution in [0.4, 0.5) is 0 Å². The van der Waals surface area contributed by atoms with Crippen molar-refractivity contribution in [2.45, 2.75) is 6.42 Å². The fourth-order valence-corrected chi connectivity index (χ4v) is 2.87. The molecule has 4 rings (SSSR count). The Hall–Kier alpha value is -3.54. The lowest BCUT2D eigenvalue weighted by Crippen LogP contribution is -2.25. The molecule has 2 N–H and O–H groups in total. The van der Waals surface area contributed by atoms with Crippen LogP contribution in [0.5, 0.6) is 0 Å². The number of aromatic nitrogens is 4. The third kappa shape index (κ3) is 3.30. The van der Waals surface area contributed by atoms with Gasteiger partial charge in [0.2, 0.25) is 0 Å². The summed E-state index contributed by atoms with van der Waals surface area (Å²) in [4.78, 5) is 28.3. The van der Waals surface area contributed by atoms with E-state index in [-0.39, 0.29) is 5.91 Å². The van der Waals surface area contributed by atoms with Crippen LogP contribution in [0, 0.1) is 0 Å². The minimum Gasteiger partial charge on any atom is -0.352 e. The molecule has 0 radical (unpaired) electrons. The maximum Gasteiger partial charge on any atom is 0.251 e. The van der Waals surface area contributed by atoms with Gasteiger partial charge in [-0.15, -0.1) is 0 Å². The average molecular weight is 343 g/mol. The Bertz CT molecular complexity index is 1040. The first-order valence-electron chi connectivity index (χ1n) is 8.37. The first-order valence-corrected chi connectivity index (χ1v) is 8.37. The normalized spacial score (nSPS) is 10.8. The van der Waals surface area contributed by atoms with Gasteiger partial charge in [0.25, 0.3) is 5.91 Å². The molecular formula is C20H17N5O. The Morgan fingerprint density at radius 1 is 1.08 bits per heavy atom. The summed E-state index contributed by atoms with van der Waals surface area (Å²) in [6.45, 7) is 0.543. The van der Waals surface area contributed by atoms with Gasteiger partial charge in [-0.1, -0.05) is 12.1 Å². The smallest absolute Gasteiger partial charge is 0.251 e. The second-order valence-corrected chi connectivity index (χ2v) is 5.89. The molecule has 0 bridgehead atoms. The molecule has 0 aliphatic heterocycles. The van der Waals surface area contributed by atoms with Gasteiger partial charge in [0.15, 0.2) is 0 Å². The molecule has 0 spiro atoms. The fourth-order valence-electron chi connectivity index (χ4n) is 2.87. The molecule has 26 heavy (non-hydrogen) atoms. The molecule has 1 aromatic carbocycles. The molecule has 0 aliphatic rings. The molecule has 0 aliphatic carbocycles. The van der Waals surface area contributed by atoms with Crippen molar-refractivity contribution in [3.8, 4) is 11.3 Å². The van der Waals surface area contributed by atoms with E-state index in [1.807, 2.05) is 36.4 Å². The van der Waals surface area contributed by atoms with Crippen molar-refractivity contribution in [1.29, 1.82) is 0 Å². The van der Waals surface area contributed by atoms with E-state index in [1.54, 1.807) is 31.0 Å². The first-order chi connectivity index (χ1) is 12.8. The van der Waals surface area contributed by atoms with E-state index in [0.29, 0.717) is 18.5 Å². The second kappa shape index (κ2) is 7.14. The molecule has 0 fully saturated rings. The van der Waals surface area contributed by atoms with Crippen molar-refractivity contribution in [1.82, 2.24) is 25.3 Å². The average Bonchev–Trinajstić information content (AvgIpc) is 3.21. The van der Waals surface area contributed by atoms with Crippen molar-refractivity contribution in [3.05, 3.63) is 78.6 Å². The Labute approximate surface area is 150 Å². The maximum atomic E-state index is 12.5. The summed E-state index contributed by atoms with van der Waals surface area (Å²) in [6, 6.07) is 13.2. The van der Waals surface area contributed by atoms with Crippen molar-refractivity contribution in [2.75, 3.05) is 6.54 Å². The third-order valence-electron chi connectivity index (χ3n) is 4.16. The number of benzene rings is 1. The van der Waals surface area contributed by atoms with E-state index >= 15 is 0 Å². The van der Waals surface area contributed by atoms with Gasteiger partial charge < -0.3 is 10.3 Å². The van der Waals surface area contributed by atoms with Crippen molar-refractivity contribution in [3.63, 3.8) is 0 Å². The van der Waals surface area contributed by atoms with E-state index in [1.165, 1.54) is 0 Å². The summed E-state index contributed by atoms with van der Waals surface area (Å²) in [5.74, 6) is -0.107. The highest BCUT2D eigenvalue weighted by Crippen LogP contribution is 2.25. The SMILES string of the molecule is O=C(NCCc1cnc[nH]1)c1cccc(-c2nccc3ncccc23)c1. The van der Waals surface area contributed by atoms with Crippen LogP contribution in [-0.4, -0.2) is 32.4 Å². The number of fused-ring (bicyclic) bond motifs is 1. The minimum absolute atomic E-state index is 0.107. The number of hydrogen-bond donors (Lipinski definition) is 2. The lowest BCUT2D eigenvalue weighted by molar-refractivity contribution is 0.0954. The number of aromatic amines is 1. The van der Waals surface area contributed by atoms with Crippen molar-refractivity contribution >= 4 is 16.8 Å². The van der Waals surface area contributed by atoms with Crippen LogP contribution in [0.2, 0.25) is 0 Å². The number of pyridine rings is 2. The number of nitrogens with zero attached hydrogens (tertiary/aromatic N) is 3. The monoisotopic (exact) mass is 343 g/mol. The zero-order chi connectivity index (χ0) is 17.8. The van der Waals surface area contributed by atoms with Gasteiger partial charge >= 0.3 is 0 Å². The van der Waals surface area contributed by atoms with Gasteiger partial charge in [0.05, 0.1) is 17.5 Å². The maximum absolute atomic E-state index is 12.5. The van der Waals surface area contributed by atoms with Crippen LogP contribution in [0.1, 0.15) is 16.1 Å². The quantitative estimate of drug-likeness (QED) is 0.583. The molecule has 1 amide bonds. The number of carbonyl (C=O) groups excluding carboxylic acids is 1. The standard InChI is InChI=1S/C20H17N5O/c26-20(24-9-6-16-12-21-13-25-16)15-4-1-3-14(11-15)19-17-5-2-8-22-18(17)7-10-23-19/h1-5,7-8,10-13H,6,9H2,(H,21,25)(H,24,26). The van der Waals surface area contributed by atoms with E-state index < -0.39 is 0 Å². The predicted octanol–water partition coefficient (Wildman–Crippen LogP) is 2.99. The zero-order valence-corrected chi connectivity index (χ0v) is 14.0. The molecule has 0 unspecified atom stereocenters. The topological polar surface area (TPSA) is 83.6 Å². The molecule has 6 heteroatoms. The Morgan fingerprint density at radius 3 is 2.92 bits per heavy atom. The summed E-state index contributed by atoms with van der Waals surface area (Å²) < 4.78 is 0. The summed E-state index contributed by atoms with van der Waals surface area (Å²) in [7, 11) is 0. The summed E-state index contributed by atoms with van der Waals surface area (Å²) >= 11 is 0. The number of imidazole rings is 1. The largest absolute Gasteiger partial charge is 0.352 e. The van der Waals surface area contributed by atoms with Crippen molar-refractivity contribution < 1.29 is 4.79 Å². The van der Waals surface area contributed by atoms with Gasteiger partial charge in [-0.25, -0.2) is 4.98 Å². The highest BCUT2D eigenvalue weighted by Gasteiger charge is 2.10. The molecule has 4 aromatic rings. The second-order valence-electron chi connectivity index (χ2n) is 5.89. The molecule has 0 saturated carbocycles. The Balaban J connectivity index is 1.55. The van der Waals surface area contributed by atoms with E-state index in [0.717, 1.165) is 27.9 Å². The predicted molar refractivity (Wildman–Crippen MR) is 99.6 cm³/mol. The van der Waals surface area contributed by atoms with Gasteiger partial charge in [-0.2, -0.15) is 0 Å². The lowest BCUT2D eigenvalue weighted by Gasteiger charge is -2.08. The molecule has 0 atom stereocenters. The fraction of sp³-hybridized carbons (Fsp3) is 0.100. The first kappa shape index (κ1) is 16.0. The van der Waals surface area contributed by atoms with Gasteiger partial charge in [0, 0.05) is 53.8 Å². The number of rotatable bonds is 5. The van der Waals surface area contributed by atoms with Crippen LogP contribution in [0.25, 0.3) is 22.2 Å². The highest BCUT2D eigenvalue weighted by molar-refractivity contribution is 5.97.